The highest BCUT2D eigenvalue weighted by Gasteiger charge is 2.21. The molecule has 0 saturated carbocycles. The average molecular weight is 254 g/mol. The van der Waals surface area contributed by atoms with Crippen molar-refractivity contribution in [2.45, 2.75) is 13.0 Å². The summed E-state index contributed by atoms with van der Waals surface area (Å²) in [6.45, 7) is 2.88. The SMILES string of the molecule is CCN(CC(NC)C(=O)OC)c1ccccc1F. The van der Waals surface area contributed by atoms with Gasteiger partial charge in [-0.05, 0) is 26.1 Å². The number of carbonyl (C=O) groups excluding carboxylic acids is 1. The Bertz CT molecular complexity index is 398. The van der Waals surface area contributed by atoms with Crippen molar-refractivity contribution in [2.75, 3.05) is 32.1 Å². The number of anilines is 1. The zero-order chi connectivity index (χ0) is 13.5. The van der Waals surface area contributed by atoms with Crippen LogP contribution in [0.5, 0.6) is 0 Å². The lowest BCUT2D eigenvalue weighted by Crippen LogP contribution is -2.45. The van der Waals surface area contributed by atoms with Crippen LogP contribution in [-0.2, 0) is 9.53 Å². The second-order valence-electron chi connectivity index (χ2n) is 3.85. The van der Waals surface area contributed by atoms with Crippen molar-refractivity contribution >= 4 is 11.7 Å². The second kappa shape index (κ2) is 6.96. The Morgan fingerprint density at radius 2 is 2.17 bits per heavy atom. The third-order valence-corrected chi connectivity index (χ3v) is 2.81. The van der Waals surface area contributed by atoms with Gasteiger partial charge in [-0.15, -0.1) is 0 Å². The molecule has 0 aromatic heterocycles. The van der Waals surface area contributed by atoms with Crippen LogP contribution in [0.3, 0.4) is 0 Å². The highest BCUT2D eigenvalue weighted by atomic mass is 19.1. The molecule has 1 rings (SSSR count). The van der Waals surface area contributed by atoms with Crippen molar-refractivity contribution in [1.29, 1.82) is 0 Å². The standard InChI is InChI=1S/C13H19FN2O2/c1-4-16(9-11(15-2)13(17)18-3)12-8-6-5-7-10(12)14/h5-8,11,15H,4,9H2,1-3H3. The van der Waals surface area contributed by atoms with Crippen LogP contribution in [0.2, 0.25) is 0 Å². The number of para-hydroxylation sites is 1. The maximum absolute atomic E-state index is 13.7. The molecule has 0 bridgehead atoms. The van der Waals surface area contributed by atoms with E-state index in [2.05, 4.69) is 5.32 Å². The van der Waals surface area contributed by atoms with Gasteiger partial charge in [-0.25, -0.2) is 4.39 Å². The summed E-state index contributed by atoms with van der Waals surface area (Å²) in [6, 6.07) is 6.04. The summed E-state index contributed by atoms with van der Waals surface area (Å²) in [6.07, 6.45) is 0. The van der Waals surface area contributed by atoms with Gasteiger partial charge in [-0.3, -0.25) is 4.79 Å². The quantitative estimate of drug-likeness (QED) is 0.779. The highest BCUT2D eigenvalue weighted by Crippen LogP contribution is 2.18. The zero-order valence-corrected chi connectivity index (χ0v) is 10.9. The van der Waals surface area contributed by atoms with Gasteiger partial charge in [-0.2, -0.15) is 0 Å². The third kappa shape index (κ3) is 3.43. The molecule has 0 saturated heterocycles. The van der Waals surface area contributed by atoms with Gasteiger partial charge in [-0.1, -0.05) is 12.1 Å². The Kier molecular flexibility index (Phi) is 5.58. The topological polar surface area (TPSA) is 41.6 Å². The van der Waals surface area contributed by atoms with Crippen LogP contribution in [-0.4, -0.2) is 39.3 Å². The molecule has 100 valence electrons. The number of nitrogens with zero attached hydrogens (tertiary/aromatic N) is 1. The molecule has 1 atom stereocenters. The molecule has 0 amide bonds. The van der Waals surface area contributed by atoms with Gasteiger partial charge in [0, 0.05) is 13.1 Å². The minimum absolute atomic E-state index is 0.293. The van der Waals surface area contributed by atoms with E-state index < -0.39 is 6.04 Å². The predicted octanol–water partition coefficient (Wildman–Crippen LogP) is 1.41. The Morgan fingerprint density at radius 1 is 1.50 bits per heavy atom. The van der Waals surface area contributed by atoms with Crippen molar-refractivity contribution < 1.29 is 13.9 Å². The fourth-order valence-corrected chi connectivity index (χ4v) is 1.75. The lowest BCUT2D eigenvalue weighted by Gasteiger charge is -2.27. The lowest BCUT2D eigenvalue weighted by molar-refractivity contribution is -0.142. The number of likely N-dealkylation sites (N-methyl/N-ethyl adjacent to an activating group) is 2. The average Bonchev–Trinajstić information content (AvgIpc) is 2.40. The molecule has 0 radical (unpaired) electrons. The van der Waals surface area contributed by atoms with Crippen LogP contribution in [0.15, 0.2) is 24.3 Å². The van der Waals surface area contributed by atoms with Crippen molar-refractivity contribution in [3.63, 3.8) is 0 Å². The minimum Gasteiger partial charge on any atom is -0.468 e. The molecular weight excluding hydrogens is 235 g/mol. The molecule has 0 fully saturated rings. The summed E-state index contributed by atoms with van der Waals surface area (Å²) < 4.78 is 18.4. The molecule has 1 N–H and O–H groups in total. The van der Waals surface area contributed by atoms with E-state index in [0.717, 1.165) is 0 Å². The number of ether oxygens (including phenoxy) is 1. The van der Waals surface area contributed by atoms with Crippen molar-refractivity contribution in [3.05, 3.63) is 30.1 Å². The first-order valence-electron chi connectivity index (χ1n) is 5.88. The van der Waals surface area contributed by atoms with E-state index in [1.54, 1.807) is 30.1 Å². The molecule has 18 heavy (non-hydrogen) atoms. The van der Waals surface area contributed by atoms with E-state index >= 15 is 0 Å². The number of rotatable bonds is 6. The van der Waals surface area contributed by atoms with E-state index in [4.69, 9.17) is 4.74 Å². The van der Waals surface area contributed by atoms with Crippen LogP contribution in [0.1, 0.15) is 6.92 Å². The van der Waals surface area contributed by atoms with Gasteiger partial charge in [0.05, 0.1) is 12.8 Å². The normalized spacial score (nSPS) is 12.0. The molecule has 0 aliphatic heterocycles. The molecule has 0 heterocycles. The first-order chi connectivity index (χ1) is 8.63. The van der Waals surface area contributed by atoms with E-state index in [-0.39, 0.29) is 11.8 Å². The first kappa shape index (κ1) is 14.4. The second-order valence-corrected chi connectivity index (χ2v) is 3.85. The van der Waals surface area contributed by atoms with Gasteiger partial charge < -0.3 is 15.0 Å². The van der Waals surface area contributed by atoms with Gasteiger partial charge >= 0.3 is 5.97 Å². The number of benzene rings is 1. The number of hydrogen-bond donors (Lipinski definition) is 1. The lowest BCUT2D eigenvalue weighted by atomic mass is 10.2. The predicted molar refractivity (Wildman–Crippen MR) is 69.2 cm³/mol. The van der Waals surface area contributed by atoms with Crippen LogP contribution >= 0.6 is 0 Å². The maximum atomic E-state index is 13.7. The number of carbonyl (C=O) groups is 1. The van der Waals surface area contributed by atoms with Crippen LogP contribution in [0.25, 0.3) is 0 Å². The van der Waals surface area contributed by atoms with Crippen molar-refractivity contribution in [2.24, 2.45) is 0 Å². The molecular formula is C13H19FN2O2. The van der Waals surface area contributed by atoms with Gasteiger partial charge in [0.25, 0.3) is 0 Å². The molecule has 1 unspecified atom stereocenters. The third-order valence-electron chi connectivity index (χ3n) is 2.81. The zero-order valence-electron chi connectivity index (χ0n) is 10.9. The number of methoxy groups -OCH3 is 1. The van der Waals surface area contributed by atoms with E-state index in [9.17, 15) is 9.18 Å². The fourth-order valence-electron chi connectivity index (χ4n) is 1.75. The summed E-state index contributed by atoms with van der Waals surface area (Å²) in [7, 11) is 3.02. The molecule has 5 heteroatoms. The summed E-state index contributed by atoms with van der Waals surface area (Å²) in [5.74, 6) is -0.647. The van der Waals surface area contributed by atoms with Gasteiger partial charge in [0.15, 0.2) is 0 Å². The van der Waals surface area contributed by atoms with E-state index in [1.807, 2.05) is 6.92 Å². The Hall–Kier alpha value is -1.62. The first-order valence-corrected chi connectivity index (χ1v) is 5.88. The molecule has 4 nitrogen and oxygen atoms in total. The highest BCUT2D eigenvalue weighted by molar-refractivity contribution is 5.76. The van der Waals surface area contributed by atoms with E-state index in [1.165, 1.54) is 13.2 Å². The van der Waals surface area contributed by atoms with E-state index in [0.29, 0.717) is 18.8 Å². The molecule has 1 aromatic rings. The molecule has 0 aliphatic carbocycles. The largest absolute Gasteiger partial charge is 0.468 e. The minimum atomic E-state index is -0.477. The number of nitrogens with one attached hydrogen (secondary N) is 1. The number of halogens is 1. The van der Waals surface area contributed by atoms with Crippen LogP contribution in [0, 0.1) is 5.82 Å². The maximum Gasteiger partial charge on any atom is 0.324 e. The van der Waals surface area contributed by atoms with Gasteiger partial charge in [0.1, 0.15) is 11.9 Å². The molecule has 1 aromatic carbocycles. The van der Waals surface area contributed by atoms with Crippen LogP contribution < -0.4 is 10.2 Å². The Balaban J connectivity index is 2.84. The van der Waals surface area contributed by atoms with Gasteiger partial charge in [0.2, 0.25) is 0 Å². The summed E-state index contributed by atoms with van der Waals surface area (Å²) in [4.78, 5) is 13.3. The number of esters is 1. The van der Waals surface area contributed by atoms with Crippen LogP contribution in [0.4, 0.5) is 10.1 Å². The monoisotopic (exact) mass is 254 g/mol. The fraction of sp³-hybridized carbons (Fsp3) is 0.462. The van der Waals surface area contributed by atoms with Crippen molar-refractivity contribution in [1.82, 2.24) is 5.32 Å². The molecule has 0 aliphatic rings. The van der Waals surface area contributed by atoms with Crippen molar-refractivity contribution in [3.8, 4) is 0 Å². The smallest absolute Gasteiger partial charge is 0.324 e. The Morgan fingerprint density at radius 3 is 2.67 bits per heavy atom. The summed E-state index contributed by atoms with van der Waals surface area (Å²) in [5, 5.41) is 2.87. The number of hydrogen-bond acceptors (Lipinski definition) is 4. The molecule has 0 spiro atoms. The Labute approximate surface area is 107 Å². The summed E-state index contributed by atoms with van der Waals surface area (Å²) >= 11 is 0. The summed E-state index contributed by atoms with van der Waals surface area (Å²) in [5.41, 5.74) is 0.490.